The van der Waals surface area contributed by atoms with E-state index >= 15 is 0 Å². The molecule has 0 radical (unpaired) electrons. The second kappa shape index (κ2) is 14.0. The van der Waals surface area contributed by atoms with E-state index in [4.69, 9.17) is 38.4 Å². The van der Waals surface area contributed by atoms with Crippen molar-refractivity contribution in [2.24, 2.45) is 34.3 Å². The number of carbonyl (C=O) groups is 4. The summed E-state index contributed by atoms with van der Waals surface area (Å²) in [4.78, 5) is 54.0. The first-order chi connectivity index (χ1) is 21.9. The lowest BCUT2D eigenvalue weighted by molar-refractivity contribution is -0.198. The normalized spacial score (nSPS) is 32.3. The quantitative estimate of drug-likeness (QED) is 0.160. The first-order valence-corrected chi connectivity index (χ1v) is 17.8. The maximum absolute atomic E-state index is 13.4. The summed E-state index contributed by atoms with van der Waals surface area (Å²) in [6.07, 6.45) is 6.81. The minimum atomic E-state index is -1.64. The zero-order valence-corrected chi connectivity index (χ0v) is 28.8. The molecule has 0 amide bonds. The van der Waals surface area contributed by atoms with Crippen LogP contribution in [0.4, 0.5) is 5.69 Å². The lowest BCUT2D eigenvalue weighted by Gasteiger charge is -2.59. The fraction of sp³-hybridized carbons (Fsp3) is 0.667. The molecule has 0 spiro atoms. The Hall–Kier alpha value is -2.42. The van der Waals surface area contributed by atoms with Gasteiger partial charge in [-0.15, -0.1) is 23.2 Å². The molecule has 2 N–H and O–H groups in total. The number of nitrogens with zero attached hydrogens (tertiary/aromatic N) is 1. The van der Waals surface area contributed by atoms with E-state index in [1.54, 1.807) is 0 Å². The number of esters is 2. The molecule has 0 saturated heterocycles. The Balaban J connectivity index is 1.24. The molecule has 3 saturated carbocycles. The van der Waals surface area contributed by atoms with Crippen molar-refractivity contribution in [3.63, 3.8) is 0 Å². The third-order valence-corrected chi connectivity index (χ3v) is 12.4. The molecule has 5 rings (SSSR count). The van der Waals surface area contributed by atoms with Gasteiger partial charge in [0, 0.05) is 48.8 Å². The summed E-state index contributed by atoms with van der Waals surface area (Å²) in [6, 6.07) is 7.72. The van der Waals surface area contributed by atoms with E-state index in [0.29, 0.717) is 55.9 Å². The van der Waals surface area contributed by atoms with Crippen LogP contribution in [-0.4, -0.2) is 60.2 Å². The fourth-order valence-corrected chi connectivity index (χ4v) is 10.1. The number of alkyl halides is 2. The summed E-state index contributed by atoms with van der Waals surface area (Å²) in [5, 5.41) is 0. The van der Waals surface area contributed by atoms with Gasteiger partial charge in [0.15, 0.2) is 17.2 Å². The number of ketones is 2. The van der Waals surface area contributed by atoms with Gasteiger partial charge >= 0.3 is 11.9 Å². The van der Waals surface area contributed by atoms with Crippen molar-refractivity contribution >= 4 is 52.4 Å². The number of para-hydroxylation sites is 1. The number of halogens is 2. The molecule has 0 bridgehead atoms. The van der Waals surface area contributed by atoms with Crippen molar-refractivity contribution < 1.29 is 28.7 Å². The number of aryl methyl sites for hydroxylation is 1. The molecule has 7 atom stereocenters. The summed E-state index contributed by atoms with van der Waals surface area (Å²) in [5.41, 5.74) is 7.39. The van der Waals surface area contributed by atoms with Crippen LogP contribution in [0.3, 0.4) is 0 Å². The van der Waals surface area contributed by atoms with Crippen LogP contribution < -0.4 is 10.6 Å². The van der Waals surface area contributed by atoms with Crippen LogP contribution in [0.1, 0.15) is 84.1 Å². The highest BCUT2D eigenvalue weighted by Crippen LogP contribution is 2.68. The van der Waals surface area contributed by atoms with E-state index in [1.165, 1.54) is 12.5 Å². The zero-order valence-electron chi connectivity index (χ0n) is 27.3. The third kappa shape index (κ3) is 6.26. The second-order valence-electron chi connectivity index (χ2n) is 14.2. The highest BCUT2D eigenvalue weighted by atomic mass is 35.5. The fourth-order valence-electron chi connectivity index (χ4n) is 9.68. The van der Waals surface area contributed by atoms with Gasteiger partial charge in [0.1, 0.15) is 0 Å². The van der Waals surface area contributed by atoms with Crippen LogP contribution >= 0.6 is 23.2 Å². The number of rotatable bonds is 12. The molecule has 0 heterocycles. The number of nitrogens with two attached hydrogens (primary N) is 1. The molecule has 8 nitrogen and oxygen atoms in total. The van der Waals surface area contributed by atoms with Gasteiger partial charge < -0.3 is 14.4 Å². The number of benzene rings is 1. The van der Waals surface area contributed by atoms with Crippen LogP contribution in [0, 0.1) is 28.6 Å². The number of hydrogen-bond donors (Lipinski definition) is 1. The average Bonchev–Trinajstić information content (AvgIpc) is 3.33. The van der Waals surface area contributed by atoms with Gasteiger partial charge in [-0.25, -0.2) is 4.79 Å². The summed E-state index contributed by atoms with van der Waals surface area (Å²) in [5.74, 6) is 0.413. The predicted molar refractivity (Wildman–Crippen MR) is 179 cm³/mol. The number of anilines is 1. The van der Waals surface area contributed by atoms with Gasteiger partial charge in [-0.3, -0.25) is 20.1 Å². The van der Waals surface area contributed by atoms with Gasteiger partial charge in [-0.2, -0.15) is 0 Å². The number of allylic oxidation sites excluding steroid dienone is 1. The maximum Gasteiger partial charge on any atom is 0.363 e. The number of carbonyl (C=O) groups excluding carboxylic acids is 4. The molecule has 4 aliphatic rings. The highest BCUT2D eigenvalue weighted by molar-refractivity contribution is 6.18. The van der Waals surface area contributed by atoms with Crippen LogP contribution in [0.25, 0.3) is 0 Å². The molecule has 46 heavy (non-hydrogen) atoms. The van der Waals surface area contributed by atoms with Crippen molar-refractivity contribution in [3.8, 4) is 0 Å². The van der Waals surface area contributed by atoms with E-state index in [1.807, 2.05) is 30.3 Å². The summed E-state index contributed by atoms with van der Waals surface area (Å²) < 4.78 is 11.5. The zero-order chi connectivity index (χ0) is 33.3. The van der Waals surface area contributed by atoms with Gasteiger partial charge in [0.05, 0.1) is 0 Å². The lowest BCUT2D eigenvalue weighted by atomic mass is 9.46. The Bertz CT molecular complexity index is 1380. The monoisotopic (exact) mass is 674 g/mol. The van der Waals surface area contributed by atoms with Crippen LogP contribution in [0.2, 0.25) is 0 Å². The Kier molecular flexibility index (Phi) is 10.6. The van der Waals surface area contributed by atoms with Crippen molar-refractivity contribution in [2.45, 2.75) is 96.8 Å². The van der Waals surface area contributed by atoms with E-state index in [9.17, 15) is 19.2 Å². The molecule has 10 heteroatoms. The molecule has 3 fully saturated rings. The third-order valence-electron chi connectivity index (χ3n) is 12.1. The van der Waals surface area contributed by atoms with E-state index in [0.717, 1.165) is 49.8 Å². The number of fused-ring (bicyclic) bond motifs is 5. The number of Topliss-reactive ketones (excluding diaryl/α,β-unsaturated/α-hetero) is 1. The summed E-state index contributed by atoms with van der Waals surface area (Å²) in [6.45, 7) is 7.14. The van der Waals surface area contributed by atoms with Gasteiger partial charge in [0.2, 0.25) is 6.23 Å². The topological polar surface area (TPSA) is 116 Å². The molecule has 0 aromatic heterocycles. The SMILES string of the molecule is CC(=O)[C@@]1(OC(=O)[C@@H](N)OC(=O)CCc2ccccc2N(CCCl)CCCl)CC[C@H]2[C@@H]3CCC4=CC(=O)CC[C@]4(C)[C@H]3CC[C@@]21C. The van der Waals surface area contributed by atoms with E-state index in [-0.39, 0.29) is 29.3 Å². The summed E-state index contributed by atoms with van der Waals surface area (Å²) >= 11 is 12.0. The molecular weight excluding hydrogens is 627 g/mol. The first kappa shape index (κ1) is 34.9. The largest absolute Gasteiger partial charge is 0.447 e. The van der Waals surface area contributed by atoms with Crippen molar-refractivity contribution in [3.05, 3.63) is 41.5 Å². The minimum Gasteiger partial charge on any atom is -0.447 e. The van der Waals surface area contributed by atoms with E-state index in [2.05, 4.69) is 18.7 Å². The Morgan fingerprint density at radius 2 is 1.70 bits per heavy atom. The van der Waals surface area contributed by atoms with Crippen LogP contribution in [-0.2, 0) is 35.1 Å². The molecule has 0 aliphatic heterocycles. The standard InChI is InChI=1S/C36H48Cl2N2O6/c1-23(41)36(17-14-29-27-10-9-25-22-26(42)12-15-34(25,2)28(27)13-16-35(29,36)3)46-33(44)32(39)45-31(43)11-8-24-6-4-5-7-30(24)40(20-18-37)21-19-38/h4-7,22,27-29,32H,8-21,39H2,1-3H3/t27-,28+,29+,32+,34+,35+,36+/m1/s1. The molecule has 1 aromatic carbocycles. The average molecular weight is 676 g/mol. The van der Waals surface area contributed by atoms with Crippen LogP contribution in [0.15, 0.2) is 35.9 Å². The lowest BCUT2D eigenvalue weighted by Crippen LogP contribution is -2.59. The Morgan fingerprint density at radius 1 is 1.00 bits per heavy atom. The minimum absolute atomic E-state index is 0.000124. The van der Waals surface area contributed by atoms with Crippen molar-refractivity contribution in [1.82, 2.24) is 0 Å². The van der Waals surface area contributed by atoms with E-state index < -0.39 is 29.2 Å². The predicted octanol–water partition coefficient (Wildman–Crippen LogP) is 6.13. The molecule has 4 aliphatic carbocycles. The van der Waals surface area contributed by atoms with Crippen molar-refractivity contribution in [1.29, 1.82) is 0 Å². The Labute approximate surface area is 282 Å². The van der Waals surface area contributed by atoms with Gasteiger partial charge in [-0.05, 0) is 99.2 Å². The second-order valence-corrected chi connectivity index (χ2v) is 14.9. The number of ether oxygens (including phenoxy) is 2. The van der Waals surface area contributed by atoms with Crippen molar-refractivity contribution in [2.75, 3.05) is 29.7 Å². The van der Waals surface area contributed by atoms with Gasteiger partial charge in [0.25, 0.3) is 0 Å². The smallest absolute Gasteiger partial charge is 0.363 e. The first-order valence-electron chi connectivity index (χ1n) is 16.8. The Morgan fingerprint density at radius 3 is 2.39 bits per heavy atom. The highest BCUT2D eigenvalue weighted by Gasteiger charge is 2.68. The molecule has 0 unspecified atom stereocenters. The molecular formula is C36H48Cl2N2O6. The molecule has 1 aromatic rings. The summed E-state index contributed by atoms with van der Waals surface area (Å²) in [7, 11) is 0. The molecule has 252 valence electrons. The number of hydrogen-bond acceptors (Lipinski definition) is 8. The van der Waals surface area contributed by atoms with Crippen LogP contribution in [0.5, 0.6) is 0 Å². The van der Waals surface area contributed by atoms with Gasteiger partial charge in [-0.1, -0.05) is 37.6 Å². The maximum atomic E-state index is 13.4.